The molecule has 0 spiro atoms. The topological polar surface area (TPSA) is 38.3 Å². The van der Waals surface area contributed by atoms with Crippen molar-refractivity contribution >= 4 is 5.91 Å². The summed E-state index contributed by atoms with van der Waals surface area (Å²) in [7, 11) is 1.63. The SMILES string of the molecule is CC[C@H](NC(=O)c1ccc(OC)c(C)c1)c1ccc(C)cc1C. The van der Waals surface area contributed by atoms with Crippen molar-refractivity contribution in [3.63, 3.8) is 0 Å². The number of ether oxygens (including phenoxy) is 1. The molecule has 23 heavy (non-hydrogen) atoms. The maximum atomic E-state index is 12.6. The van der Waals surface area contributed by atoms with Crippen LogP contribution >= 0.6 is 0 Å². The van der Waals surface area contributed by atoms with Crippen LogP contribution in [0.25, 0.3) is 0 Å². The van der Waals surface area contributed by atoms with Crippen LogP contribution < -0.4 is 10.1 Å². The highest BCUT2D eigenvalue weighted by molar-refractivity contribution is 5.94. The zero-order chi connectivity index (χ0) is 17.0. The molecule has 122 valence electrons. The number of hydrogen-bond donors (Lipinski definition) is 1. The lowest BCUT2D eigenvalue weighted by atomic mass is 9.97. The summed E-state index contributed by atoms with van der Waals surface area (Å²) in [6.07, 6.45) is 0.852. The van der Waals surface area contributed by atoms with Crippen LogP contribution in [0, 0.1) is 20.8 Å². The number of rotatable bonds is 5. The van der Waals surface area contributed by atoms with Gasteiger partial charge in [-0.25, -0.2) is 0 Å². The Hall–Kier alpha value is -2.29. The summed E-state index contributed by atoms with van der Waals surface area (Å²) < 4.78 is 5.25. The number of carbonyl (C=O) groups excluding carboxylic acids is 1. The Morgan fingerprint density at radius 1 is 1.09 bits per heavy atom. The second-order valence-electron chi connectivity index (χ2n) is 5.98. The van der Waals surface area contributed by atoms with Gasteiger partial charge in [-0.1, -0.05) is 30.7 Å². The van der Waals surface area contributed by atoms with E-state index in [0.29, 0.717) is 5.56 Å². The molecule has 3 heteroatoms. The van der Waals surface area contributed by atoms with Gasteiger partial charge in [-0.3, -0.25) is 4.79 Å². The van der Waals surface area contributed by atoms with Gasteiger partial charge in [-0.05, 0) is 62.1 Å². The molecule has 3 nitrogen and oxygen atoms in total. The Morgan fingerprint density at radius 3 is 2.39 bits per heavy atom. The van der Waals surface area contributed by atoms with E-state index in [1.54, 1.807) is 13.2 Å². The minimum absolute atomic E-state index is 0.0190. The van der Waals surface area contributed by atoms with Gasteiger partial charge >= 0.3 is 0 Å². The highest BCUT2D eigenvalue weighted by Gasteiger charge is 2.16. The second kappa shape index (κ2) is 7.32. The van der Waals surface area contributed by atoms with Crippen molar-refractivity contribution in [2.24, 2.45) is 0 Å². The first-order chi connectivity index (χ1) is 11.0. The number of benzene rings is 2. The third kappa shape index (κ3) is 3.92. The molecule has 2 rings (SSSR count). The molecular weight excluding hydrogens is 286 g/mol. The normalized spacial score (nSPS) is 11.9. The molecule has 1 atom stereocenters. The first-order valence-corrected chi connectivity index (χ1v) is 7.99. The van der Waals surface area contributed by atoms with E-state index in [9.17, 15) is 4.79 Å². The Labute approximate surface area is 138 Å². The molecule has 0 aliphatic rings. The molecular formula is C20H25NO2. The van der Waals surface area contributed by atoms with Gasteiger partial charge in [0.15, 0.2) is 0 Å². The average molecular weight is 311 g/mol. The summed E-state index contributed by atoms with van der Waals surface area (Å²) in [6.45, 7) is 8.20. The lowest BCUT2D eigenvalue weighted by Gasteiger charge is -2.20. The van der Waals surface area contributed by atoms with E-state index < -0.39 is 0 Å². The van der Waals surface area contributed by atoms with Gasteiger partial charge < -0.3 is 10.1 Å². The van der Waals surface area contributed by atoms with Crippen LogP contribution in [0.4, 0.5) is 0 Å². The van der Waals surface area contributed by atoms with Gasteiger partial charge in [0.05, 0.1) is 13.2 Å². The van der Waals surface area contributed by atoms with Crippen LogP contribution in [0.5, 0.6) is 5.75 Å². The van der Waals surface area contributed by atoms with Crippen LogP contribution in [-0.2, 0) is 0 Å². The molecule has 2 aromatic rings. The first kappa shape index (κ1) is 17.1. The zero-order valence-corrected chi connectivity index (χ0v) is 14.6. The van der Waals surface area contributed by atoms with Crippen molar-refractivity contribution in [1.29, 1.82) is 0 Å². The Balaban J connectivity index is 2.21. The van der Waals surface area contributed by atoms with Crippen molar-refractivity contribution < 1.29 is 9.53 Å². The third-order valence-electron chi connectivity index (χ3n) is 4.17. The fraction of sp³-hybridized carbons (Fsp3) is 0.350. The number of nitrogens with one attached hydrogen (secondary N) is 1. The highest BCUT2D eigenvalue weighted by Crippen LogP contribution is 2.23. The number of hydrogen-bond acceptors (Lipinski definition) is 2. The van der Waals surface area contributed by atoms with Crippen molar-refractivity contribution in [3.8, 4) is 5.75 Å². The summed E-state index contributed by atoms with van der Waals surface area (Å²) in [6, 6.07) is 11.9. The molecule has 0 heterocycles. The smallest absolute Gasteiger partial charge is 0.251 e. The standard InChI is InChI=1S/C20H25NO2/c1-6-18(17-9-7-13(2)11-14(17)3)21-20(22)16-8-10-19(23-5)15(4)12-16/h7-12,18H,6H2,1-5H3,(H,21,22)/t18-/m0/s1. The number of amides is 1. The van der Waals surface area contributed by atoms with Gasteiger partial charge in [-0.15, -0.1) is 0 Å². The predicted octanol–water partition coefficient (Wildman–Crippen LogP) is 4.50. The van der Waals surface area contributed by atoms with Crippen LogP contribution in [-0.4, -0.2) is 13.0 Å². The van der Waals surface area contributed by atoms with Crippen molar-refractivity contribution in [2.45, 2.75) is 40.2 Å². The Bertz CT molecular complexity index is 707. The molecule has 0 saturated carbocycles. The van der Waals surface area contributed by atoms with Crippen molar-refractivity contribution in [2.75, 3.05) is 7.11 Å². The molecule has 0 unspecified atom stereocenters. The van der Waals surface area contributed by atoms with Gasteiger partial charge in [0.1, 0.15) is 5.75 Å². The molecule has 0 aliphatic heterocycles. The highest BCUT2D eigenvalue weighted by atomic mass is 16.5. The third-order valence-corrected chi connectivity index (χ3v) is 4.17. The predicted molar refractivity (Wildman–Crippen MR) is 94.1 cm³/mol. The van der Waals surface area contributed by atoms with Crippen LogP contribution in [0.15, 0.2) is 36.4 Å². The molecule has 1 amide bonds. The summed E-state index contributed by atoms with van der Waals surface area (Å²) in [4.78, 5) is 12.6. The van der Waals surface area contributed by atoms with Gasteiger partial charge in [0.25, 0.3) is 5.91 Å². The van der Waals surface area contributed by atoms with Crippen molar-refractivity contribution in [1.82, 2.24) is 5.32 Å². The van der Waals surface area contributed by atoms with E-state index in [-0.39, 0.29) is 11.9 Å². The minimum atomic E-state index is -0.0532. The van der Waals surface area contributed by atoms with Crippen LogP contribution in [0.2, 0.25) is 0 Å². The van der Waals surface area contributed by atoms with Gasteiger partial charge in [-0.2, -0.15) is 0 Å². The number of methoxy groups -OCH3 is 1. The number of carbonyl (C=O) groups is 1. The first-order valence-electron chi connectivity index (χ1n) is 7.99. The molecule has 0 aromatic heterocycles. The van der Waals surface area contributed by atoms with Crippen molar-refractivity contribution in [3.05, 3.63) is 64.2 Å². The maximum Gasteiger partial charge on any atom is 0.251 e. The Morgan fingerprint density at radius 2 is 1.83 bits per heavy atom. The molecule has 2 aromatic carbocycles. The molecule has 0 bridgehead atoms. The number of aryl methyl sites for hydroxylation is 3. The van der Waals surface area contributed by atoms with Gasteiger partial charge in [0, 0.05) is 5.56 Å². The summed E-state index contributed by atoms with van der Waals surface area (Å²) in [5.74, 6) is 0.741. The molecule has 0 aliphatic carbocycles. The van der Waals surface area contributed by atoms with Gasteiger partial charge in [0.2, 0.25) is 0 Å². The van der Waals surface area contributed by atoms with Crippen LogP contribution in [0.1, 0.15) is 52.0 Å². The summed E-state index contributed by atoms with van der Waals surface area (Å²) in [5.41, 5.74) is 5.24. The maximum absolute atomic E-state index is 12.6. The van der Waals surface area contributed by atoms with E-state index >= 15 is 0 Å². The minimum Gasteiger partial charge on any atom is -0.496 e. The van der Waals surface area contributed by atoms with E-state index in [1.165, 1.54) is 16.7 Å². The lowest BCUT2D eigenvalue weighted by molar-refractivity contribution is 0.0935. The van der Waals surface area contributed by atoms with E-state index in [0.717, 1.165) is 17.7 Å². The van der Waals surface area contributed by atoms with E-state index in [1.807, 2.05) is 19.1 Å². The molecule has 0 saturated heterocycles. The van der Waals surface area contributed by atoms with E-state index in [4.69, 9.17) is 4.74 Å². The molecule has 1 N–H and O–H groups in total. The largest absolute Gasteiger partial charge is 0.496 e. The average Bonchev–Trinajstić information content (AvgIpc) is 2.52. The zero-order valence-electron chi connectivity index (χ0n) is 14.6. The summed E-state index contributed by atoms with van der Waals surface area (Å²) >= 11 is 0. The van der Waals surface area contributed by atoms with E-state index in [2.05, 4.69) is 44.3 Å². The molecule has 0 radical (unpaired) electrons. The van der Waals surface area contributed by atoms with Crippen LogP contribution in [0.3, 0.4) is 0 Å². The summed E-state index contributed by atoms with van der Waals surface area (Å²) in [5, 5.41) is 3.14. The monoisotopic (exact) mass is 311 g/mol. The second-order valence-corrected chi connectivity index (χ2v) is 5.98. The fourth-order valence-electron chi connectivity index (χ4n) is 2.88. The lowest BCUT2D eigenvalue weighted by Crippen LogP contribution is -2.28. The quantitative estimate of drug-likeness (QED) is 0.883. The Kier molecular flexibility index (Phi) is 5.43. The molecule has 0 fully saturated rings. The fourth-order valence-corrected chi connectivity index (χ4v) is 2.88.